The number of carbonyl (C=O) groups excluding carboxylic acids is 2. The summed E-state index contributed by atoms with van der Waals surface area (Å²) in [6, 6.07) is 15.9. The van der Waals surface area contributed by atoms with E-state index in [1.807, 2.05) is 31.2 Å². The van der Waals surface area contributed by atoms with Gasteiger partial charge in [0, 0.05) is 38.6 Å². The standard InChI is InChI=1S/C27H32N2O6/c1-3-18(14-24(30)29-13-12-27(16-29,17-34-2)25(31)32)28-26(33)35-15-23-21-10-6-4-8-19(21)20-9-5-7-11-22(20)23/h4-11,18,23H,3,12-17H2,1-2H3,(H,28,33)(H,31,32). The molecule has 0 aromatic heterocycles. The maximum Gasteiger partial charge on any atom is 0.407 e. The summed E-state index contributed by atoms with van der Waals surface area (Å²) >= 11 is 0. The van der Waals surface area contributed by atoms with Crippen molar-refractivity contribution in [1.29, 1.82) is 0 Å². The SMILES string of the molecule is CCC(CC(=O)N1CCC(COC)(C(=O)O)C1)NC(=O)OCC1c2ccccc2-c2ccccc21. The molecule has 2 amide bonds. The number of ether oxygens (including phenoxy) is 2. The normalized spacial score (nSPS) is 19.7. The highest BCUT2D eigenvalue weighted by atomic mass is 16.5. The van der Waals surface area contributed by atoms with Crippen molar-refractivity contribution in [3.8, 4) is 11.1 Å². The highest BCUT2D eigenvalue weighted by Crippen LogP contribution is 2.44. The third-order valence-corrected chi connectivity index (χ3v) is 7.16. The molecule has 8 nitrogen and oxygen atoms in total. The summed E-state index contributed by atoms with van der Waals surface area (Å²) in [6.07, 6.45) is 0.417. The highest BCUT2D eigenvalue weighted by molar-refractivity contribution is 5.82. The number of hydrogen-bond donors (Lipinski definition) is 2. The lowest BCUT2D eigenvalue weighted by Gasteiger charge is -2.25. The summed E-state index contributed by atoms with van der Waals surface area (Å²) in [5, 5.41) is 12.4. The topological polar surface area (TPSA) is 105 Å². The average Bonchev–Trinajstić information content (AvgIpc) is 3.43. The van der Waals surface area contributed by atoms with Gasteiger partial charge in [-0.3, -0.25) is 9.59 Å². The predicted molar refractivity (Wildman–Crippen MR) is 130 cm³/mol. The smallest absolute Gasteiger partial charge is 0.407 e. The lowest BCUT2D eigenvalue weighted by molar-refractivity contribution is -0.151. The van der Waals surface area contributed by atoms with E-state index in [1.54, 1.807) is 4.90 Å². The first-order chi connectivity index (χ1) is 16.9. The molecular weight excluding hydrogens is 448 g/mol. The van der Waals surface area contributed by atoms with E-state index in [2.05, 4.69) is 29.6 Å². The van der Waals surface area contributed by atoms with Gasteiger partial charge in [-0.15, -0.1) is 0 Å². The van der Waals surface area contributed by atoms with Crippen molar-refractivity contribution >= 4 is 18.0 Å². The Labute approximate surface area is 205 Å². The summed E-state index contributed by atoms with van der Waals surface area (Å²) in [6.45, 7) is 2.61. The van der Waals surface area contributed by atoms with Crippen molar-refractivity contribution in [2.75, 3.05) is 33.4 Å². The molecule has 1 saturated heterocycles. The van der Waals surface area contributed by atoms with E-state index in [1.165, 1.54) is 7.11 Å². The third kappa shape index (κ3) is 5.03. The highest BCUT2D eigenvalue weighted by Gasteiger charge is 2.46. The zero-order chi connectivity index (χ0) is 25.0. The van der Waals surface area contributed by atoms with E-state index >= 15 is 0 Å². The van der Waals surface area contributed by atoms with E-state index in [0.29, 0.717) is 19.4 Å². The number of alkyl carbamates (subject to hydrolysis) is 1. The quantitative estimate of drug-likeness (QED) is 0.568. The number of carboxylic acids is 1. The van der Waals surface area contributed by atoms with E-state index in [4.69, 9.17) is 9.47 Å². The molecule has 2 aromatic rings. The average molecular weight is 481 g/mol. The summed E-state index contributed by atoms with van der Waals surface area (Å²) in [7, 11) is 1.46. The Bertz CT molecular complexity index is 1060. The third-order valence-electron chi connectivity index (χ3n) is 7.16. The van der Waals surface area contributed by atoms with Gasteiger partial charge in [0.25, 0.3) is 0 Å². The molecule has 1 aliphatic carbocycles. The molecule has 1 heterocycles. The number of fused-ring (bicyclic) bond motifs is 3. The van der Waals surface area contributed by atoms with Gasteiger partial charge in [-0.25, -0.2) is 4.79 Å². The number of methoxy groups -OCH3 is 1. The first-order valence-electron chi connectivity index (χ1n) is 12.0. The number of carboxylic acid groups (broad SMARTS) is 1. The van der Waals surface area contributed by atoms with Crippen LogP contribution in [0, 0.1) is 5.41 Å². The summed E-state index contributed by atoms with van der Waals surface area (Å²) in [5.41, 5.74) is 3.51. The molecule has 0 spiro atoms. The Morgan fingerprint density at radius 1 is 1.11 bits per heavy atom. The number of aliphatic carboxylic acids is 1. The Hall–Kier alpha value is -3.39. The first-order valence-corrected chi connectivity index (χ1v) is 12.0. The van der Waals surface area contributed by atoms with Gasteiger partial charge in [-0.2, -0.15) is 0 Å². The van der Waals surface area contributed by atoms with Crippen molar-refractivity contribution in [2.24, 2.45) is 5.41 Å². The zero-order valence-corrected chi connectivity index (χ0v) is 20.2. The van der Waals surface area contributed by atoms with E-state index in [9.17, 15) is 19.5 Å². The van der Waals surface area contributed by atoms with E-state index < -0.39 is 23.5 Å². The fourth-order valence-corrected chi connectivity index (χ4v) is 5.16. The van der Waals surface area contributed by atoms with Crippen LogP contribution in [0.3, 0.4) is 0 Å². The summed E-state index contributed by atoms with van der Waals surface area (Å²) in [4.78, 5) is 38.8. The molecule has 8 heteroatoms. The molecule has 2 N–H and O–H groups in total. The van der Waals surface area contributed by atoms with Crippen LogP contribution in [-0.2, 0) is 19.1 Å². The van der Waals surface area contributed by atoms with Crippen LogP contribution < -0.4 is 5.32 Å². The summed E-state index contributed by atoms with van der Waals surface area (Å²) in [5.74, 6) is -1.18. The van der Waals surface area contributed by atoms with Crippen molar-refractivity contribution in [3.63, 3.8) is 0 Å². The molecule has 1 aliphatic heterocycles. The lowest BCUT2D eigenvalue weighted by Crippen LogP contribution is -2.43. The minimum absolute atomic E-state index is 0.0376. The molecule has 2 unspecified atom stereocenters. The second-order valence-corrected chi connectivity index (χ2v) is 9.36. The maximum absolute atomic E-state index is 12.9. The molecule has 2 aliphatic rings. The Morgan fingerprint density at radius 3 is 2.31 bits per heavy atom. The minimum Gasteiger partial charge on any atom is -0.481 e. The number of hydrogen-bond acceptors (Lipinski definition) is 5. The van der Waals surface area contributed by atoms with Gasteiger partial charge in [-0.05, 0) is 35.1 Å². The van der Waals surface area contributed by atoms with Crippen LogP contribution in [0.5, 0.6) is 0 Å². The number of nitrogens with zero attached hydrogens (tertiary/aromatic N) is 1. The van der Waals surface area contributed by atoms with Gasteiger partial charge in [0.15, 0.2) is 0 Å². The number of likely N-dealkylation sites (tertiary alicyclic amines) is 1. The van der Waals surface area contributed by atoms with E-state index in [0.717, 1.165) is 22.3 Å². The number of carbonyl (C=O) groups is 3. The predicted octanol–water partition coefficient (Wildman–Crippen LogP) is 3.64. The number of benzene rings is 2. The van der Waals surface area contributed by atoms with Crippen molar-refractivity contribution in [1.82, 2.24) is 10.2 Å². The van der Waals surface area contributed by atoms with Gasteiger partial charge in [0.1, 0.15) is 12.0 Å². The van der Waals surface area contributed by atoms with Crippen LogP contribution in [0.1, 0.15) is 43.2 Å². The molecule has 4 rings (SSSR count). The molecule has 35 heavy (non-hydrogen) atoms. The van der Waals surface area contributed by atoms with Gasteiger partial charge < -0.3 is 24.8 Å². The molecular formula is C27H32N2O6. The molecule has 186 valence electrons. The fraction of sp³-hybridized carbons (Fsp3) is 0.444. The van der Waals surface area contributed by atoms with Gasteiger partial charge in [0.2, 0.25) is 5.91 Å². The van der Waals surface area contributed by atoms with Crippen LogP contribution in [0.4, 0.5) is 4.79 Å². The lowest BCUT2D eigenvalue weighted by atomic mass is 9.88. The first kappa shape index (κ1) is 24.7. The molecule has 0 radical (unpaired) electrons. The van der Waals surface area contributed by atoms with Crippen molar-refractivity contribution < 1.29 is 29.0 Å². The zero-order valence-electron chi connectivity index (χ0n) is 20.2. The fourth-order valence-electron chi connectivity index (χ4n) is 5.16. The van der Waals surface area contributed by atoms with Gasteiger partial charge in [0.05, 0.1) is 6.61 Å². The second kappa shape index (κ2) is 10.5. The van der Waals surface area contributed by atoms with Crippen LogP contribution in [0.25, 0.3) is 11.1 Å². The minimum atomic E-state index is -1.08. The molecule has 2 atom stereocenters. The maximum atomic E-state index is 12.9. The monoisotopic (exact) mass is 480 g/mol. The molecule has 1 fully saturated rings. The second-order valence-electron chi connectivity index (χ2n) is 9.36. The largest absolute Gasteiger partial charge is 0.481 e. The van der Waals surface area contributed by atoms with E-state index in [-0.39, 0.29) is 38.0 Å². The van der Waals surface area contributed by atoms with Crippen molar-refractivity contribution in [3.05, 3.63) is 59.7 Å². The van der Waals surface area contributed by atoms with Crippen LogP contribution in [0.2, 0.25) is 0 Å². The van der Waals surface area contributed by atoms with Crippen LogP contribution >= 0.6 is 0 Å². The Kier molecular flexibility index (Phi) is 7.40. The molecule has 0 saturated carbocycles. The van der Waals surface area contributed by atoms with Crippen LogP contribution in [0.15, 0.2) is 48.5 Å². The molecule has 2 aromatic carbocycles. The number of rotatable bonds is 9. The Balaban J connectivity index is 1.33. The number of nitrogens with one attached hydrogen (secondary N) is 1. The van der Waals surface area contributed by atoms with Gasteiger partial charge >= 0.3 is 12.1 Å². The van der Waals surface area contributed by atoms with Crippen LogP contribution in [-0.4, -0.2) is 67.4 Å². The Morgan fingerprint density at radius 2 is 1.74 bits per heavy atom. The van der Waals surface area contributed by atoms with Crippen molar-refractivity contribution in [2.45, 2.75) is 38.1 Å². The summed E-state index contributed by atoms with van der Waals surface area (Å²) < 4.78 is 10.7. The molecule has 0 bridgehead atoms. The van der Waals surface area contributed by atoms with Gasteiger partial charge in [-0.1, -0.05) is 55.5 Å². The number of amides is 2.